The first kappa shape index (κ1) is 21.7. The SMILES string of the molecule is CCNC(=NCc1nc2ccccc2n1C)NC(C)CCC(C)C.I. The van der Waals surface area contributed by atoms with E-state index in [1.54, 1.807) is 0 Å². The summed E-state index contributed by atoms with van der Waals surface area (Å²) < 4.78 is 2.12. The molecule has 0 aliphatic carbocycles. The number of para-hydroxylation sites is 2. The summed E-state index contributed by atoms with van der Waals surface area (Å²) in [7, 11) is 2.05. The van der Waals surface area contributed by atoms with Gasteiger partial charge in [-0.15, -0.1) is 24.0 Å². The van der Waals surface area contributed by atoms with Crippen molar-refractivity contribution in [2.75, 3.05) is 6.54 Å². The van der Waals surface area contributed by atoms with Crippen molar-refractivity contribution >= 4 is 41.0 Å². The molecule has 140 valence electrons. The smallest absolute Gasteiger partial charge is 0.191 e. The van der Waals surface area contributed by atoms with E-state index in [4.69, 9.17) is 4.99 Å². The number of aryl methyl sites for hydroxylation is 1. The Morgan fingerprint density at radius 1 is 1.20 bits per heavy atom. The lowest BCUT2D eigenvalue weighted by molar-refractivity contribution is 0.489. The van der Waals surface area contributed by atoms with Crippen LogP contribution in [0.3, 0.4) is 0 Å². The molecule has 0 saturated heterocycles. The average molecular weight is 457 g/mol. The van der Waals surface area contributed by atoms with Gasteiger partial charge in [0.1, 0.15) is 12.4 Å². The molecule has 25 heavy (non-hydrogen) atoms. The highest BCUT2D eigenvalue weighted by Gasteiger charge is 2.09. The van der Waals surface area contributed by atoms with Gasteiger partial charge in [-0.1, -0.05) is 26.0 Å². The molecule has 1 atom stereocenters. The number of fused-ring (bicyclic) bond motifs is 1. The highest BCUT2D eigenvalue weighted by atomic mass is 127. The third-order valence-corrected chi connectivity index (χ3v) is 4.16. The Kier molecular flexibility index (Phi) is 9.24. The fourth-order valence-electron chi connectivity index (χ4n) is 2.70. The Morgan fingerprint density at radius 3 is 2.56 bits per heavy atom. The summed E-state index contributed by atoms with van der Waals surface area (Å²) in [6.45, 7) is 10.2. The number of guanidine groups is 1. The van der Waals surface area contributed by atoms with Gasteiger partial charge in [-0.3, -0.25) is 0 Å². The molecule has 6 heteroatoms. The van der Waals surface area contributed by atoms with Gasteiger partial charge < -0.3 is 15.2 Å². The Bertz CT molecular complexity index is 678. The number of benzene rings is 1. The molecule has 0 amide bonds. The normalized spacial score (nSPS) is 13.0. The van der Waals surface area contributed by atoms with Crippen LogP contribution in [0.15, 0.2) is 29.3 Å². The van der Waals surface area contributed by atoms with E-state index in [-0.39, 0.29) is 24.0 Å². The van der Waals surface area contributed by atoms with E-state index in [0.29, 0.717) is 12.6 Å². The van der Waals surface area contributed by atoms with E-state index in [0.717, 1.165) is 41.7 Å². The molecule has 1 heterocycles. The van der Waals surface area contributed by atoms with E-state index < -0.39 is 0 Å². The summed E-state index contributed by atoms with van der Waals surface area (Å²) in [5.74, 6) is 2.57. The first-order chi connectivity index (χ1) is 11.5. The maximum atomic E-state index is 4.72. The minimum absolute atomic E-state index is 0. The number of aromatic nitrogens is 2. The topological polar surface area (TPSA) is 54.2 Å². The number of nitrogens with zero attached hydrogens (tertiary/aromatic N) is 3. The van der Waals surface area contributed by atoms with Crippen LogP contribution >= 0.6 is 24.0 Å². The van der Waals surface area contributed by atoms with Crippen LogP contribution in [0.2, 0.25) is 0 Å². The first-order valence-corrected chi connectivity index (χ1v) is 8.96. The lowest BCUT2D eigenvalue weighted by Crippen LogP contribution is -2.42. The van der Waals surface area contributed by atoms with Gasteiger partial charge in [-0.05, 0) is 44.7 Å². The molecule has 0 saturated carbocycles. The van der Waals surface area contributed by atoms with Crippen molar-refractivity contribution in [2.24, 2.45) is 18.0 Å². The zero-order valence-corrected chi connectivity index (χ0v) is 18.4. The van der Waals surface area contributed by atoms with Gasteiger partial charge in [0.25, 0.3) is 0 Å². The van der Waals surface area contributed by atoms with Gasteiger partial charge in [0.05, 0.1) is 11.0 Å². The van der Waals surface area contributed by atoms with Gasteiger partial charge in [0.15, 0.2) is 5.96 Å². The third kappa shape index (κ3) is 6.49. The maximum Gasteiger partial charge on any atom is 0.191 e. The predicted octanol–water partition coefficient (Wildman–Crippen LogP) is 4.07. The van der Waals surface area contributed by atoms with Gasteiger partial charge in [-0.2, -0.15) is 0 Å². The molecule has 2 aromatic rings. The number of hydrogen-bond acceptors (Lipinski definition) is 2. The lowest BCUT2D eigenvalue weighted by atomic mass is 10.0. The van der Waals surface area contributed by atoms with E-state index in [2.05, 4.69) is 53.9 Å². The van der Waals surface area contributed by atoms with Gasteiger partial charge in [-0.25, -0.2) is 9.98 Å². The summed E-state index contributed by atoms with van der Waals surface area (Å²) in [5, 5.41) is 6.83. The molecule has 1 aromatic carbocycles. The molecule has 0 aliphatic rings. The minimum Gasteiger partial charge on any atom is -0.357 e. The van der Waals surface area contributed by atoms with Crippen LogP contribution in [-0.2, 0) is 13.6 Å². The quantitative estimate of drug-likeness (QED) is 0.375. The van der Waals surface area contributed by atoms with E-state index in [1.807, 2.05) is 25.2 Å². The molecule has 1 aromatic heterocycles. The Labute approximate surface area is 168 Å². The van der Waals surface area contributed by atoms with Crippen molar-refractivity contribution in [1.82, 2.24) is 20.2 Å². The average Bonchev–Trinajstić information content (AvgIpc) is 2.87. The van der Waals surface area contributed by atoms with E-state index in [1.165, 1.54) is 6.42 Å². The zero-order chi connectivity index (χ0) is 17.5. The second kappa shape index (κ2) is 10.6. The van der Waals surface area contributed by atoms with Crippen LogP contribution in [0.1, 0.15) is 46.4 Å². The van der Waals surface area contributed by atoms with Gasteiger partial charge in [0.2, 0.25) is 0 Å². The summed E-state index contributed by atoms with van der Waals surface area (Å²) in [6.07, 6.45) is 2.37. The number of nitrogens with one attached hydrogen (secondary N) is 2. The largest absolute Gasteiger partial charge is 0.357 e. The second-order valence-electron chi connectivity index (χ2n) is 6.79. The summed E-state index contributed by atoms with van der Waals surface area (Å²) in [4.78, 5) is 9.40. The van der Waals surface area contributed by atoms with Crippen molar-refractivity contribution in [2.45, 2.75) is 53.1 Å². The monoisotopic (exact) mass is 457 g/mol. The molecule has 0 bridgehead atoms. The number of aliphatic imine (C=N–C) groups is 1. The minimum atomic E-state index is 0. The molecule has 0 radical (unpaired) electrons. The third-order valence-electron chi connectivity index (χ3n) is 4.16. The van der Waals surface area contributed by atoms with Crippen LogP contribution in [0.5, 0.6) is 0 Å². The highest BCUT2D eigenvalue weighted by Crippen LogP contribution is 2.14. The fourth-order valence-corrected chi connectivity index (χ4v) is 2.70. The van der Waals surface area contributed by atoms with Crippen molar-refractivity contribution in [3.05, 3.63) is 30.1 Å². The van der Waals surface area contributed by atoms with Crippen molar-refractivity contribution in [1.29, 1.82) is 0 Å². The van der Waals surface area contributed by atoms with Crippen LogP contribution in [0.25, 0.3) is 11.0 Å². The Hall–Kier alpha value is -1.31. The molecule has 2 rings (SSSR count). The Morgan fingerprint density at radius 2 is 1.92 bits per heavy atom. The maximum absolute atomic E-state index is 4.72. The summed E-state index contributed by atoms with van der Waals surface area (Å²) in [6, 6.07) is 8.60. The van der Waals surface area contributed by atoms with Crippen LogP contribution < -0.4 is 10.6 Å². The van der Waals surface area contributed by atoms with Crippen LogP contribution in [0.4, 0.5) is 0 Å². The second-order valence-corrected chi connectivity index (χ2v) is 6.79. The van der Waals surface area contributed by atoms with E-state index in [9.17, 15) is 0 Å². The summed E-state index contributed by atoms with van der Waals surface area (Å²) in [5.41, 5.74) is 2.17. The molecule has 2 N–H and O–H groups in total. The lowest BCUT2D eigenvalue weighted by Gasteiger charge is -2.18. The predicted molar refractivity (Wildman–Crippen MR) is 118 cm³/mol. The van der Waals surface area contributed by atoms with E-state index >= 15 is 0 Å². The summed E-state index contributed by atoms with van der Waals surface area (Å²) >= 11 is 0. The fraction of sp³-hybridized carbons (Fsp3) is 0.579. The zero-order valence-electron chi connectivity index (χ0n) is 16.0. The molecule has 5 nitrogen and oxygen atoms in total. The molecule has 0 spiro atoms. The number of hydrogen-bond donors (Lipinski definition) is 2. The first-order valence-electron chi connectivity index (χ1n) is 8.96. The van der Waals surface area contributed by atoms with Crippen molar-refractivity contribution < 1.29 is 0 Å². The highest BCUT2D eigenvalue weighted by molar-refractivity contribution is 14.0. The standard InChI is InChI=1S/C19H31N5.HI/c1-6-20-19(22-15(4)12-11-14(2)3)21-13-18-23-16-9-7-8-10-17(16)24(18)5;/h7-10,14-15H,6,11-13H2,1-5H3,(H2,20,21,22);1H. The van der Waals surface area contributed by atoms with Crippen LogP contribution in [-0.4, -0.2) is 28.1 Å². The van der Waals surface area contributed by atoms with Crippen LogP contribution in [0, 0.1) is 5.92 Å². The van der Waals surface area contributed by atoms with Gasteiger partial charge >= 0.3 is 0 Å². The number of imidazole rings is 1. The van der Waals surface area contributed by atoms with Crippen molar-refractivity contribution in [3.8, 4) is 0 Å². The molecule has 1 unspecified atom stereocenters. The molecule has 0 fully saturated rings. The van der Waals surface area contributed by atoms with Crippen molar-refractivity contribution in [3.63, 3.8) is 0 Å². The number of halogens is 1. The number of rotatable bonds is 7. The molecular weight excluding hydrogens is 425 g/mol. The Balaban J connectivity index is 0.00000312. The van der Waals surface area contributed by atoms with Gasteiger partial charge in [0, 0.05) is 19.6 Å². The molecule has 0 aliphatic heterocycles. The molecular formula is C19H32IN5.